The van der Waals surface area contributed by atoms with Crippen molar-refractivity contribution in [1.29, 1.82) is 0 Å². The summed E-state index contributed by atoms with van der Waals surface area (Å²) in [5.41, 5.74) is 1.13. The molecule has 4 nitrogen and oxygen atoms in total. The number of rotatable bonds is 1. The molecule has 102 valence electrons. The van der Waals surface area contributed by atoms with Crippen molar-refractivity contribution in [1.82, 2.24) is 9.47 Å². The summed E-state index contributed by atoms with van der Waals surface area (Å²) in [5, 5.41) is -0.475. The van der Waals surface area contributed by atoms with Gasteiger partial charge in [0.2, 0.25) is 5.91 Å². The second kappa shape index (κ2) is 4.67. The van der Waals surface area contributed by atoms with E-state index in [1.807, 2.05) is 15.5 Å². The van der Waals surface area contributed by atoms with Crippen LogP contribution in [0.1, 0.15) is 25.0 Å². The Bertz CT molecular complexity index is 567. The number of amides is 1. The van der Waals surface area contributed by atoms with Crippen molar-refractivity contribution in [2.75, 3.05) is 13.1 Å². The third kappa shape index (κ3) is 2.18. The fourth-order valence-electron chi connectivity index (χ4n) is 3.33. The Kier molecular flexibility index (Phi) is 3.13. The van der Waals surface area contributed by atoms with E-state index < -0.39 is 5.38 Å². The summed E-state index contributed by atoms with van der Waals surface area (Å²) in [5.74, 6) is 0.634. The Morgan fingerprint density at radius 1 is 1.37 bits per heavy atom. The number of fused-ring (bicyclic) bond motifs is 4. The van der Waals surface area contributed by atoms with E-state index >= 15 is 0 Å². The van der Waals surface area contributed by atoms with Gasteiger partial charge in [0.25, 0.3) is 5.56 Å². The molecule has 5 heteroatoms. The summed E-state index contributed by atoms with van der Waals surface area (Å²) in [6.45, 7) is 3.82. The summed E-state index contributed by atoms with van der Waals surface area (Å²) in [6, 6.07) is 5.41. The number of aromatic nitrogens is 1. The number of nitrogens with zero attached hydrogens (tertiary/aromatic N) is 2. The molecule has 2 aliphatic heterocycles. The zero-order chi connectivity index (χ0) is 13.6. The van der Waals surface area contributed by atoms with E-state index in [9.17, 15) is 9.59 Å². The number of halogens is 1. The molecule has 1 fully saturated rings. The van der Waals surface area contributed by atoms with E-state index in [2.05, 4.69) is 0 Å². The van der Waals surface area contributed by atoms with Crippen LogP contribution in [0.5, 0.6) is 0 Å². The number of piperidine rings is 1. The zero-order valence-corrected chi connectivity index (χ0v) is 11.6. The van der Waals surface area contributed by atoms with Crippen molar-refractivity contribution >= 4 is 17.5 Å². The lowest BCUT2D eigenvalue weighted by molar-refractivity contribution is -0.133. The van der Waals surface area contributed by atoms with Gasteiger partial charge in [-0.15, -0.1) is 11.6 Å². The second-order valence-electron chi connectivity index (χ2n) is 5.56. The molecular weight excluding hydrogens is 264 g/mol. The molecule has 2 bridgehead atoms. The van der Waals surface area contributed by atoms with Gasteiger partial charge in [-0.1, -0.05) is 6.07 Å². The minimum absolute atomic E-state index is 0.00287. The highest BCUT2D eigenvalue weighted by molar-refractivity contribution is 6.30. The fourth-order valence-corrected chi connectivity index (χ4v) is 3.47. The molecule has 1 aromatic rings. The molecule has 3 rings (SSSR count). The summed E-state index contributed by atoms with van der Waals surface area (Å²) in [6.07, 6.45) is 1.06. The molecule has 0 N–H and O–H groups in total. The van der Waals surface area contributed by atoms with Gasteiger partial charge in [0.15, 0.2) is 0 Å². The van der Waals surface area contributed by atoms with Crippen molar-refractivity contribution in [3.63, 3.8) is 0 Å². The first-order valence-electron chi connectivity index (χ1n) is 6.69. The molecule has 3 heterocycles. The number of likely N-dealkylation sites (tertiary alicyclic amines) is 1. The highest BCUT2D eigenvalue weighted by atomic mass is 35.5. The summed E-state index contributed by atoms with van der Waals surface area (Å²) >= 11 is 5.90. The maximum Gasteiger partial charge on any atom is 0.250 e. The Labute approximate surface area is 117 Å². The van der Waals surface area contributed by atoms with Crippen LogP contribution in [0.15, 0.2) is 23.0 Å². The van der Waals surface area contributed by atoms with E-state index in [0.29, 0.717) is 25.6 Å². The van der Waals surface area contributed by atoms with E-state index in [4.69, 9.17) is 11.6 Å². The fraction of sp³-hybridized carbons (Fsp3) is 0.571. The summed E-state index contributed by atoms with van der Waals surface area (Å²) in [4.78, 5) is 25.8. The van der Waals surface area contributed by atoms with E-state index in [1.165, 1.54) is 0 Å². The third-order valence-electron chi connectivity index (χ3n) is 4.13. The van der Waals surface area contributed by atoms with Gasteiger partial charge in [0.1, 0.15) is 5.38 Å². The number of hydrogen-bond acceptors (Lipinski definition) is 2. The van der Waals surface area contributed by atoms with Gasteiger partial charge in [-0.05, 0) is 25.3 Å². The first-order valence-corrected chi connectivity index (χ1v) is 7.12. The molecule has 2 unspecified atom stereocenters. The van der Waals surface area contributed by atoms with Crippen LogP contribution in [-0.4, -0.2) is 33.8 Å². The normalized spacial score (nSPS) is 26.7. The number of pyridine rings is 1. The van der Waals surface area contributed by atoms with Gasteiger partial charge in [-0.3, -0.25) is 9.59 Å². The van der Waals surface area contributed by atoms with Crippen LogP contribution in [0.4, 0.5) is 0 Å². The SMILES string of the molecule is CC(Cl)C(=O)N1CC2C[C@H](C1)c1cccc(=O)n1C2. The topological polar surface area (TPSA) is 42.3 Å². The maximum absolute atomic E-state index is 12.0. The summed E-state index contributed by atoms with van der Waals surface area (Å²) in [7, 11) is 0. The number of alkyl halides is 1. The highest BCUT2D eigenvalue weighted by Crippen LogP contribution is 2.35. The van der Waals surface area contributed by atoms with Crippen molar-refractivity contribution in [3.05, 3.63) is 34.2 Å². The number of carbonyl (C=O) groups is 1. The monoisotopic (exact) mass is 280 g/mol. The molecule has 0 aromatic carbocycles. The average molecular weight is 281 g/mol. The van der Waals surface area contributed by atoms with Gasteiger partial charge in [-0.25, -0.2) is 0 Å². The highest BCUT2D eigenvalue weighted by Gasteiger charge is 2.36. The Morgan fingerprint density at radius 3 is 2.89 bits per heavy atom. The Balaban J connectivity index is 1.92. The van der Waals surface area contributed by atoms with Gasteiger partial charge in [0, 0.05) is 37.3 Å². The minimum atomic E-state index is -0.475. The predicted octanol–water partition coefficient (Wildman–Crippen LogP) is 1.42. The van der Waals surface area contributed by atoms with Gasteiger partial charge in [-0.2, -0.15) is 0 Å². The molecule has 2 aliphatic rings. The first kappa shape index (κ1) is 12.7. The van der Waals surface area contributed by atoms with Gasteiger partial charge in [0.05, 0.1) is 0 Å². The molecule has 0 radical (unpaired) electrons. The molecule has 1 saturated heterocycles. The largest absolute Gasteiger partial charge is 0.340 e. The molecule has 0 aliphatic carbocycles. The van der Waals surface area contributed by atoms with Crippen molar-refractivity contribution in [2.45, 2.75) is 31.2 Å². The minimum Gasteiger partial charge on any atom is -0.340 e. The second-order valence-corrected chi connectivity index (χ2v) is 6.21. The average Bonchev–Trinajstić information content (AvgIpc) is 2.39. The van der Waals surface area contributed by atoms with Crippen LogP contribution in [0.3, 0.4) is 0 Å². The van der Waals surface area contributed by atoms with E-state index in [1.54, 1.807) is 19.1 Å². The van der Waals surface area contributed by atoms with Crippen molar-refractivity contribution in [2.24, 2.45) is 5.92 Å². The molecule has 19 heavy (non-hydrogen) atoms. The lowest BCUT2D eigenvalue weighted by atomic mass is 9.83. The molecular formula is C14H17ClN2O2. The van der Waals surface area contributed by atoms with Crippen LogP contribution >= 0.6 is 11.6 Å². The standard InChI is InChI=1S/C14H17ClN2O2/c1-9(15)14(19)16-6-10-5-11(8-16)12-3-2-4-13(18)17(12)7-10/h2-4,9-11H,5-8H2,1H3/t9?,10?,11-/m1/s1. The van der Waals surface area contributed by atoms with Crippen LogP contribution in [-0.2, 0) is 11.3 Å². The lowest BCUT2D eigenvalue weighted by Gasteiger charge is -2.43. The first-order chi connectivity index (χ1) is 9.06. The van der Waals surface area contributed by atoms with Crippen molar-refractivity contribution in [3.8, 4) is 0 Å². The Morgan fingerprint density at radius 2 is 2.16 bits per heavy atom. The van der Waals surface area contributed by atoms with Crippen LogP contribution in [0.2, 0.25) is 0 Å². The maximum atomic E-state index is 12.0. The van der Waals surface area contributed by atoms with Crippen molar-refractivity contribution < 1.29 is 4.79 Å². The van der Waals surface area contributed by atoms with E-state index in [0.717, 1.165) is 12.1 Å². The van der Waals surface area contributed by atoms with Gasteiger partial charge >= 0.3 is 0 Å². The molecule has 3 atom stereocenters. The van der Waals surface area contributed by atoms with Crippen LogP contribution in [0.25, 0.3) is 0 Å². The third-order valence-corrected chi connectivity index (χ3v) is 4.32. The zero-order valence-electron chi connectivity index (χ0n) is 10.9. The lowest BCUT2D eigenvalue weighted by Crippen LogP contribution is -2.50. The summed E-state index contributed by atoms with van der Waals surface area (Å²) < 4.78 is 1.87. The van der Waals surface area contributed by atoms with Crippen LogP contribution in [0, 0.1) is 5.92 Å². The predicted molar refractivity (Wildman–Crippen MR) is 73.4 cm³/mol. The molecule has 1 amide bonds. The molecule has 0 spiro atoms. The van der Waals surface area contributed by atoms with Crippen LogP contribution < -0.4 is 5.56 Å². The van der Waals surface area contributed by atoms with Gasteiger partial charge < -0.3 is 9.47 Å². The Hall–Kier alpha value is -1.29. The molecule has 1 aromatic heterocycles. The quantitative estimate of drug-likeness (QED) is 0.730. The smallest absolute Gasteiger partial charge is 0.250 e. The number of carbonyl (C=O) groups excluding carboxylic acids is 1. The number of hydrogen-bond donors (Lipinski definition) is 0. The molecule has 0 saturated carbocycles. The van der Waals surface area contributed by atoms with E-state index in [-0.39, 0.29) is 17.4 Å².